The first-order chi connectivity index (χ1) is 8.90. The molecule has 0 unspecified atom stereocenters. The van der Waals surface area contributed by atoms with Gasteiger partial charge in [-0.15, -0.1) is 0 Å². The molecule has 1 aromatic heterocycles. The van der Waals surface area contributed by atoms with Crippen LogP contribution in [0.25, 0.3) is 0 Å². The van der Waals surface area contributed by atoms with E-state index in [1.54, 1.807) is 16.8 Å². The molecule has 102 valence electrons. The van der Waals surface area contributed by atoms with E-state index in [1.165, 1.54) is 0 Å². The van der Waals surface area contributed by atoms with Gasteiger partial charge in [-0.05, 0) is 28.9 Å². The third-order valence-electron chi connectivity index (χ3n) is 2.60. The van der Waals surface area contributed by atoms with Crippen molar-refractivity contribution < 1.29 is 4.74 Å². The second-order valence-electron chi connectivity index (χ2n) is 3.96. The van der Waals surface area contributed by atoms with E-state index in [-0.39, 0.29) is 0 Å². The number of ether oxygens (including phenoxy) is 1. The average molecular weight is 384 g/mol. The third-order valence-corrected chi connectivity index (χ3v) is 4.65. The summed E-state index contributed by atoms with van der Waals surface area (Å²) in [6, 6.07) is 3.16. The van der Waals surface area contributed by atoms with Gasteiger partial charge in [-0.1, -0.05) is 34.8 Å². The van der Waals surface area contributed by atoms with Crippen molar-refractivity contribution in [2.75, 3.05) is 0 Å². The van der Waals surface area contributed by atoms with Crippen molar-refractivity contribution in [3.63, 3.8) is 0 Å². The number of halogens is 4. The van der Waals surface area contributed by atoms with Gasteiger partial charge in [0, 0.05) is 13.1 Å². The lowest BCUT2D eigenvalue weighted by atomic mass is 10.3. The molecule has 0 saturated heterocycles. The lowest BCUT2D eigenvalue weighted by Gasteiger charge is -2.10. The topological polar surface area (TPSA) is 27.1 Å². The molecule has 0 bridgehead atoms. The van der Waals surface area contributed by atoms with E-state index in [1.807, 2.05) is 14.0 Å². The van der Waals surface area contributed by atoms with Crippen LogP contribution in [-0.2, 0) is 13.7 Å². The van der Waals surface area contributed by atoms with Crippen molar-refractivity contribution in [3.8, 4) is 5.75 Å². The Kier molecular flexibility index (Phi) is 4.66. The van der Waals surface area contributed by atoms with Crippen LogP contribution in [0, 0.1) is 6.92 Å². The van der Waals surface area contributed by atoms with Crippen LogP contribution in [0.15, 0.2) is 16.6 Å². The van der Waals surface area contributed by atoms with Gasteiger partial charge in [0.25, 0.3) is 0 Å². The monoisotopic (exact) mass is 382 g/mol. The Morgan fingerprint density at radius 3 is 2.42 bits per heavy atom. The summed E-state index contributed by atoms with van der Waals surface area (Å²) in [7, 11) is 1.85. The van der Waals surface area contributed by atoms with Gasteiger partial charge in [0.2, 0.25) is 0 Å². The van der Waals surface area contributed by atoms with Crippen LogP contribution in [0.5, 0.6) is 5.75 Å². The Hall–Kier alpha value is -0.420. The predicted molar refractivity (Wildman–Crippen MR) is 81.4 cm³/mol. The Labute approximate surface area is 134 Å². The molecule has 2 aromatic rings. The number of aromatic nitrogens is 2. The van der Waals surface area contributed by atoms with E-state index in [4.69, 9.17) is 39.5 Å². The van der Waals surface area contributed by atoms with Gasteiger partial charge in [0.05, 0.1) is 30.9 Å². The number of benzene rings is 1. The average Bonchev–Trinajstić information content (AvgIpc) is 2.57. The molecule has 1 heterocycles. The van der Waals surface area contributed by atoms with Crippen LogP contribution in [0.2, 0.25) is 15.1 Å². The minimum absolute atomic E-state index is 0.329. The van der Waals surface area contributed by atoms with Crippen molar-refractivity contribution in [3.05, 3.63) is 43.1 Å². The predicted octanol–water partition coefficient (Wildman–Crippen LogP) is 5.03. The summed E-state index contributed by atoms with van der Waals surface area (Å²) in [5.41, 5.74) is 1.82. The first-order valence-electron chi connectivity index (χ1n) is 5.35. The molecule has 0 fully saturated rings. The van der Waals surface area contributed by atoms with Gasteiger partial charge >= 0.3 is 0 Å². The normalized spacial score (nSPS) is 10.8. The van der Waals surface area contributed by atoms with Crippen molar-refractivity contribution >= 4 is 50.7 Å². The van der Waals surface area contributed by atoms with Crippen LogP contribution < -0.4 is 4.74 Å². The van der Waals surface area contributed by atoms with E-state index >= 15 is 0 Å². The zero-order chi connectivity index (χ0) is 14.2. The summed E-state index contributed by atoms with van der Waals surface area (Å²) in [6.07, 6.45) is 0. The van der Waals surface area contributed by atoms with Gasteiger partial charge in [0.1, 0.15) is 12.4 Å². The van der Waals surface area contributed by atoms with Crippen LogP contribution in [0.1, 0.15) is 11.4 Å². The van der Waals surface area contributed by atoms with E-state index in [0.29, 0.717) is 27.4 Å². The first-order valence-corrected chi connectivity index (χ1v) is 7.28. The van der Waals surface area contributed by atoms with Crippen LogP contribution >= 0.6 is 50.7 Å². The van der Waals surface area contributed by atoms with Gasteiger partial charge < -0.3 is 4.74 Å². The second-order valence-corrected chi connectivity index (χ2v) is 5.97. The summed E-state index contributed by atoms with van der Waals surface area (Å²) in [5, 5.41) is 5.51. The Morgan fingerprint density at radius 2 is 1.84 bits per heavy atom. The molecule has 0 aliphatic carbocycles. The van der Waals surface area contributed by atoms with E-state index in [2.05, 4.69) is 21.0 Å². The number of hydrogen-bond acceptors (Lipinski definition) is 2. The highest BCUT2D eigenvalue weighted by Gasteiger charge is 2.13. The molecule has 0 aliphatic heterocycles. The first kappa shape index (κ1) is 15.0. The van der Waals surface area contributed by atoms with E-state index in [0.717, 1.165) is 15.9 Å². The molecule has 3 nitrogen and oxygen atoms in total. The minimum atomic E-state index is 0.329. The highest BCUT2D eigenvalue weighted by Crippen LogP contribution is 2.34. The smallest absolute Gasteiger partial charge is 0.140 e. The molecule has 0 N–H and O–H groups in total. The van der Waals surface area contributed by atoms with E-state index in [9.17, 15) is 0 Å². The molecular weight excluding hydrogens is 374 g/mol. The van der Waals surface area contributed by atoms with Crippen molar-refractivity contribution in [2.45, 2.75) is 13.5 Å². The standard InChI is InChI=1S/C12H10BrCl3N2O/c1-6-12(13)10(18(2)17-6)5-19-11-4-8(15)7(14)3-9(11)16/h3-4H,5H2,1-2H3. The fraction of sp³-hybridized carbons (Fsp3) is 0.250. The lowest BCUT2D eigenvalue weighted by Crippen LogP contribution is -2.04. The fourth-order valence-corrected chi connectivity index (χ4v) is 2.64. The van der Waals surface area contributed by atoms with E-state index < -0.39 is 0 Å². The zero-order valence-corrected chi connectivity index (χ0v) is 14.0. The SMILES string of the molecule is Cc1nn(C)c(COc2cc(Cl)c(Cl)cc2Cl)c1Br. The number of nitrogens with zero attached hydrogens (tertiary/aromatic N) is 2. The van der Waals surface area contributed by atoms with Gasteiger partial charge in [-0.25, -0.2) is 0 Å². The highest BCUT2D eigenvalue weighted by molar-refractivity contribution is 9.10. The van der Waals surface area contributed by atoms with Gasteiger partial charge in [-0.3, -0.25) is 4.68 Å². The van der Waals surface area contributed by atoms with Crippen LogP contribution in [-0.4, -0.2) is 9.78 Å². The van der Waals surface area contributed by atoms with Crippen LogP contribution in [0.4, 0.5) is 0 Å². The molecule has 0 amide bonds. The Bertz CT molecular complexity index is 628. The molecule has 0 saturated carbocycles. The lowest BCUT2D eigenvalue weighted by molar-refractivity contribution is 0.294. The summed E-state index contributed by atoms with van der Waals surface area (Å²) >= 11 is 21.3. The molecule has 1 aromatic carbocycles. The highest BCUT2D eigenvalue weighted by atomic mass is 79.9. The largest absolute Gasteiger partial charge is 0.486 e. The van der Waals surface area contributed by atoms with Crippen molar-refractivity contribution in [2.24, 2.45) is 7.05 Å². The summed E-state index contributed by atoms with van der Waals surface area (Å²) in [4.78, 5) is 0. The number of hydrogen-bond donors (Lipinski definition) is 0. The van der Waals surface area contributed by atoms with Crippen molar-refractivity contribution in [1.29, 1.82) is 0 Å². The molecule has 0 aliphatic rings. The maximum atomic E-state index is 6.05. The molecule has 0 radical (unpaired) electrons. The number of aryl methyl sites for hydroxylation is 2. The maximum Gasteiger partial charge on any atom is 0.140 e. The molecule has 0 atom stereocenters. The quantitative estimate of drug-likeness (QED) is 0.694. The Morgan fingerprint density at radius 1 is 1.21 bits per heavy atom. The van der Waals surface area contributed by atoms with Crippen LogP contribution in [0.3, 0.4) is 0 Å². The van der Waals surface area contributed by atoms with Crippen molar-refractivity contribution in [1.82, 2.24) is 9.78 Å². The van der Waals surface area contributed by atoms with Gasteiger partial charge in [0.15, 0.2) is 0 Å². The summed E-state index contributed by atoms with van der Waals surface area (Å²) < 4.78 is 8.34. The molecular formula is C12H10BrCl3N2O. The summed E-state index contributed by atoms with van der Waals surface area (Å²) in [6.45, 7) is 2.25. The van der Waals surface area contributed by atoms with Gasteiger partial charge in [-0.2, -0.15) is 5.10 Å². The Balaban J connectivity index is 2.21. The third kappa shape index (κ3) is 3.19. The zero-order valence-electron chi connectivity index (χ0n) is 10.2. The maximum absolute atomic E-state index is 6.05. The molecule has 19 heavy (non-hydrogen) atoms. The minimum Gasteiger partial charge on any atom is -0.486 e. The fourth-order valence-electron chi connectivity index (χ4n) is 1.60. The summed E-state index contributed by atoms with van der Waals surface area (Å²) in [5.74, 6) is 0.488. The number of rotatable bonds is 3. The second kappa shape index (κ2) is 5.92. The molecule has 7 heteroatoms. The molecule has 0 spiro atoms. The molecule has 2 rings (SSSR count).